The number of nitrogens with one attached hydrogen (secondary N) is 1. The van der Waals surface area contributed by atoms with Crippen LogP contribution in [0.15, 0.2) is 36.5 Å². The maximum absolute atomic E-state index is 13.7. The zero-order valence-corrected chi connectivity index (χ0v) is 10.0. The summed E-state index contributed by atoms with van der Waals surface area (Å²) >= 11 is 0. The molecule has 8 heteroatoms. The molecule has 1 aromatic heterocycles. The molecule has 0 saturated heterocycles. The SMILES string of the molecule is N=C(N)c1ncccc1Oc1c(F)cccc1[N+](=O)[O-]. The fraction of sp³-hybridized carbons (Fsp3) is 0. The average Bonchev–Trinajstić information content (AvgIpc) is 2.41. The van der Waals surface area contributed by atoms with Crippen molar-refractivity contribution in [3.05, 3.63) is 58.2 Å². The number of nitrogens with two attached hydrogens (primary N) is 1. The van der Waals surface area contributed by atoms with Crippen LogP contribution in [0.2, 0.25) is 0 Å². The van der Waals surface area contributed by atoms with Gasteiger partial charge in [0.1, 0.15) is 11.5 Å². The Labute approximate surface area is 112 Å². The van der Waals surface area contributed by atoms with Gasteiger partial charge in [-0.1, -0.05) is 6.07 Å². The molecule has 1 aromatic carbocycles. The smallest absolute Gasteiger partial charge is 0.314 e. The second kappa shape index (κ2) is 5.31. The largest absolute Gasteiger partial charge is 0.445 e. The lowest BCUT2D eigenvalue weighted by Gasteiger charge is -2.09. The Kier molecular flexibility index (Phi) is 3.56. The van der Waals surface area contributed by atoms with Crippen molar-refractivity contribution >= 4 is 11.5 Å². The Bertz CT molecular complexity index is 690. The van der Waals surface area contributed by atoms with Gasteiger partial charge in [0.15, 0.2) is 11.6 Å². The van der Waals surface area contributed by atoms with Crippen molar-refractivity contribution in [2.45, 2.75) is 0 Å². The predicted molar refractivity (Wildman–Crippen MR) is 68.4 cm³/mol. The molecule has 0 amide bonds. The first-order chi connectivity index (χ1) is 9.50. The van der Waals surface area contributed by atoms with Crippen LogP contribution in [0.5, 0.6) is 11.5 Å². The lowest BCUT2D eigenvalue weighted by atomic mass is 10.2. The molecule has 0 fully saturated rings. The Balaban J connectivity index is 2.51. The third-order valence-corrected chi connectivity index (χ3v) is 2.38. The molecule has 0 aliphatic rings. The number of hydrogen-bond acceptors (Lipinski definition) is 5. The predicted octanol–water partition coefficient (Wildman–Crippen LogP) is 2.21. The standard InChI is InChI=1S/C12H9FN4O3/c13-7-3-1-4-8(17(18)19)11(7)20-9-5-2-6-16-10(9)12(14)15/h1-6H,(H3,14,15). The molecule has 0 radical (unpaired) electrons. The molecule has 0 spiro atoms. The van der Waals surface area contributed by atoms with Gasteiger partial charge in [0.05, 0.1) is 4.92 Å². The minimum absolute atomic E-state index is 0.0231. The molecule has 7 nitrogen and oxygen atoms in total. The summed E-state index contributed by atoms with van der Waals surface area (Å²) in [5.41, 5.74) is 4.77. The van der Waals surface area contributed by atoms with Gasteiger partial charge in [-0.2, -0.15) is 0 Å². The maximum Gasteiger partial charge on any atom is 0.314 e. The highest BCUT2D eigenvalue weighted by Gasteiger charge is 2.21. The quantitative estimate of drug-likeness (QED) is 0.384. The monoisotopic (exact) mass is 276 g/mol. The lowest BCUT2D eigenvalue weighted by Crippen LogP contribution is -2.14. The van der Waals surface area contributed by atoms with Crippen LogP contribution in [-0.2, 0) is 0 Å². The Morgan fingerprint density at radius 1 is 1.40 bits per heavy atom. The number of benzene rings is 1. The van der Waals surface area contributed by atoms with E-state index in [1.165, 1.54) is 24.4 Å². The number of hydrogen-bond donors (Lipinski definition) is 2. The van der Waals surface area contributed by atoms with E-state index in [1.807, 2.05) is 0 Å². The number of nitro groups is 1. The Morgan fingerprint density at radius 3 is 2.80 bits per heavy atom. The maximum atomic E-state index is 13.7. The number of halogens is 1. The number of aromatic nitrogens is 1. The summed E-state index contributed by atoms with van der Waals surface area (Å²) in [5.74, 6) is -1.86. The number of ether oxygens (including phenoxy) is 1. The van der Waals surface area contributed by atoms with E-state index in [2.05, 4.69) is 4.98 Å². The third kappa shape index (κ3) is 2.53. The van der Waals surface area contributed by atoms with Crippen molar-refractivity contribution in [3.8, 4) is 11.5 Å². The van der Waals surface area contributed by atoms with E-state index in [1.54, 1.807) is 0 Å². The molecule has 0 atom stereocenters. The van der Waals surface area contributed by atoms with E-state index in [9.17, 15) is 14.5 Å². The fourth-order valence-corrected chi connectivity index (χ4v) is 1.53. The van der Waals surface area contributed by atoms with Gasteiger partial charge >= 0.3 is 5.69 Å². The van der Waals surface area contributed by atoms with Gasteiger partial charge in [0, 0.05) is 12.3 Å². The van der Waals surface area contributed by atoms with Crippen molar-refractivity contribution in [3.63, 3.8) is 0 Å². The molecule has 2 aromatic rings. The van der Waals surface area contributed by atoms with Gasteiger partial charge in [0.2, 0.25) is 5.75 Å². The molecule has 20 heavy (non-hydrogen) atoms. The van der Waals surface area contributed by atoms with Crippen LogP contribution in [0.4, 0.5) is 10.1 Å². The molecule has 1 heterocycles. The minimum atomic E-state index is -0.891. The van der Waals surface area contributed by atoms with Crippen molar-refractivity contribution in [1.29, 1.82) is 5.41 Å². The molecule has 102 valence electrons. The summed E-state index contributed by atoms with van der Waals surface area (Å²) in [5, 5.41) is 18.2. The first-order valence-corrected chi connectivity index (χ1v) is 5.41. The van der Waals surface area contributed by atoms with Crippen molar-refractivity contribution < 1.29 is 14.1 Å². The second-order valence-corrected chi connectivity index (χ2v) is 3.71. The summed E-state index contributed by atoms with van der Waals surface area (Å²) in [4.78, 5) is 13.9. The van der Waals surface area contributed by atoms with Crippen LogP contribution >= 0.6 is 0 Å². The van der Waals surface area contributed by atoms with Crippen molar-refractivity contribution in [2.24, 2.45) is 5.73 Å². The van der Waals surface area contributed by atoms with E-state index >= 15 is 0 Å². The molecule has 0 bridgehead atoms. The molecule has 2 rings (SSSR count). The summed E-state index contributed by atoms with van der Waals surface area (Å²) in [7, 11) is 0. The highest BCUT2D eigenvalue weighted by Crippen LogP contribution is 2.34. The molecule has 0 unspecified atom stereocenters. The van der Waals surface area contributed by atoms with Gasteiger partial charge in [-0.15, -0.1) is 0 Å². The highest BCUT2D eigenvalue weighted by molar-refractivity contribution is 5.95. The van der Waals surface area contributed by atoms with Crippen molar-refractivity contribution in [1.82, 2.24) is 4.98 Å². The van der Waals surface area contributed by atoms with Crippen LogP contribution in [0.1, 0.15) is 5.69 Å². The molecular formula is C12H9FN4O3. The number of nitrogen functional groups attached to an aromatic ring is 1. The van der Waals surface area contributed by atoms with E-state index in [4.69, 9.17) is 15.9 Å². The molecule has 0 aliphatic heterocycles. The number of nitrogens with zero attached hydrogens (tertiary/aromatic N) is 2. The number of pyridine rings is 1. The van der Waals surface area contributed by atoms with E-state index < -0.39 is 22.2 Å². The zero-order chi connectivity index (χ0) is 14.7. The number of para-hydroxylation sites is 1. The van der Waals surface area contributed by atoms with E-state index in [0.717, 1.165) is 12.1 Å². The first-order valence-electron chi connectivity index (χ1n) is 5.41. The van der Waals surface area contributed by atoms with Gasteiger partial charge in [-0.25, -0.2) is 9.37 Å². The molecular weight excluding hydrogens is 267 g/mol. The van der Waals surface area contributed by atoms with Crippen LogP contribution in [0.25, 0.3) is 0 Å². The fourth-order valence-electron chi connectivity index (χ4n) is 1.53. The molecule has 0 saturated carbocycles. The highest BCUT2D eigenvalue weighted by atomic mass is 19.1. The Morgan fingerprint density at radius 2 is 2.15 bits per heavy atom. The topological polar surface area (TPSA) is 115 Å². The molecule has 3 N–H and O–H groups in total. The van der Waals surface area contributed by atoms with Gasteiger partial charge in [-0.3, -0.25) is 15.5 Å². The number of nitro benzene ring substituents is 1. The normalized spacial score (nSPS) is 10.1. The molecule has 0 aliphatic carbocycles. The zero-order valence-electron chi connectivity index (χ0n) is 10.0. The summed E-state index contributed by atoms with van der Waals surface area (Å²) < 4.78 is 18.9. The van der Waals surface area contributed by atoms with Gasteiger partial charge in [-0.05, 0) is 18.2 Å². The second-order valence-electron chi connectivity index (χ2n) is 3.71. The van der Waals surface area contributed by atoms with Crippen LogP contribution in [0.3, 0.4) is 0 Å². The number of amidine groups is 1. The minimum Gasteiger partial charge on any atom is -0.445 e. The van der Waals surface area contributed by atoms with Gasteiger partial charge < -0.3 is 10.5 Å². The average molecular weight is 276 g/mol. The number of rotatable bonds is 4. The summed E-state index contributed by atoms with van der Waals surface area (Å²) in [6.45, 7) is 0. The van der Waals surface area contributed by atoms with E-state index in [0.29, 0.717) is 0 Å². The van der Waals surface area contributed by atoms with Gasteiger partial charge in [0.25, 0.3) is 0 Å². The van der Waals surface area contributed by atoms with E-state index in [-0.39, 0.29) is 17.3 Å². The van der Waals surface area contributed by atoms with Crippen LogP contribution in [0, 0.1) is 21.3 Å². The summed E-state index contributed by atoms with van der Waals surface area (Å²) in [6.07, 6.45) is 1.37. The lowest BCUT2D eigenvalue weighted by molar-refractivity contribution is -0.385. The van der Waals surface area contributed by atoms with Crippen LogP contribution < -0.4 is 10.5 Å². The van der Waals surface area contributed by atoms with Crippen LogP contribution in [-0.4, -0.2) is 15.7 Å². The Hall–Kier alpha value is -3.03. The first kappa shape index (κ1) is 13.4. The van der Waals surface area contributed by atoms with Crippen molar-refractivity contribution in [2.75, 3.05) is 0 Å². The third-order valence-electron chi connectivity index (χ3n) is 2.38. The summed E-state index contributed by atoms with van der Waals surface area (Å²) in [6, 6.07) is 6.22.